The fraction of sp³-hybridized carbons (Fsp3) is 0.364. The van der Waals surface area contributed by atoms with E-state index in [1.165, 1.54) is 39.8 Å². The van der Waals surface area contributed by atoms with E-state index in [2.05, 4.69) is 15.6 Å². The number of hydrogen-bond donors (Lipinski definition) is 3. The van der Waals surface area contributed by atoms with E-state index in [1.807, 2.05) is 19.0 Å². The minimum atomic E-state index is -1.18. The lowest BCUT2D eigenvalue weighted by Gasteiger charge is -2.49. The molecule has 192 valence electrons. The molecule has 2 amide bonds. The summed E-state index contributed by atoms with van der Waals surface area (Å²) in [5, 5.41) is 16.9. The Morgan fingerprint density at radius 3 is 2.78 bits per heavy atom. The van der Waals surface area contributed by atoms with E-state index in [1.54, 1.807) is 24.4 Å². The number of carboxylic acids is 1. The molecule has 14 heteroatoms. The lowest BCUT2D eigenvalue weighted by Crippen LogP contribution is -2.70. The first-order valence-electron chi connectivity index (χ1n) is 10.8. The topological polar surface area (TPSA) is 115 Å². The number of carbonyl (C=O) groups is 3. The maximum absolute atomic E-state index is 12.9. The van der Waals surface area contributed by atoms with Gasteiger partial charge in [0.15, 0.2) is 5.13 Å². The molecule has 9 nitrogen and oxygen atoms in total. The Labute approximate surface area is 230 Å². The number of β-lactam (4-membered cyclic amide) rings is 1. The first-order chi connectivity index (χ1) is 17.2. The summed E-state index contributed by atoms with van der Waals surface area (Å²) in [7, 11) is 3.95. The molecule has 36 heavy (non-hydrogen) atoms. The summed E-state index contributed by atoms with van der Waals surface area (Å²) in [5.41, 5.74) is 0.498. The molecule has 3 N–H and O–H groups in total. The van der Waals surface area contributed by atoms with Gasteiger partial charge in [0.25, 0.3) is 5.91 Å². The van der Waals surface area contributed by atoms with Crippen molar-refractivity contribution < 1.29 is 19.5 Å². The van der Waals surface area contributed by atoms with Gasteiger partial charge in [0.05, 0.1) is 20.7 Å². The van der Waals surface area contributed by atoms with Crippen LogP contribution in [-0.4, -0.2) is 87.8 Å². The molecule has 0 bridgehead atoms. The van der Waals surface area contributed by atoms with E-state index >= 15 is 0 Å². The second kappa shape index (κ2) is 11.6. The van der Waals surface area contributed by atoms with Crippen LogP contribution in [0.5, 0.6) is 0 Å². The fourth-order valence-electron chi connectivity index (χ4n) is 3.62. The molecule has 4 rings (SSSR count). The number of carboxylic acid groups (broad SMARTS) is 1. The largest absolute Gasteiger partial charge is 0.477 e. The van der Waals surface area contributed by atoms with Gasteiger partial charge in [-0.2, -0.15) is 0 Å². The zero-order valence-corrected chi connectivity index (χ0v) is 23.2. The van der Waals surface area contributed by atoms with Crippen molar-refractivity contribution in [1.29, 1.82) is 0 Å². The number of nitrogens with one attached hydrogen (secondary N) is 2. The van der Waals surface area contributed by atoms with Crippen molar-refractivity contribution in [3.05, 3.63) is 45.0 Å². The van der Waals surface area contributed by atoms with E-state index < -0.39 is 23.3 Å². The molecule has 2 aliphatic rings. The van der Waals surface area contributed by atoms with Crippen LogP contribution in [-0.2, 0) is 14.4 Å². The van der Waals surface area contributed by atoms with E-state index in [0.29, 0.717) is 37.9 Å². The number of thiazole rings is 1. The van der Waals surface area contributed by atoms with Gasteiger partial charge in [-0.05, 0) is 32.3 Å². The van der Waals surface area contributed by atoms with Crippen LogP contribution < -0.4 is 10.6 Å². The highest BCUT2D eigenvalue weighted by Crippen LogP contribution is 2.44. The molecule has 0 spiro atoms. The van der Waals surface area contributed by atoms with Gasteiger partial charge in [0.1, 0.15) is 17.1 Å². The zero-order chi connectivity index (χ0) is 26.0. The standard InChI is InChI=1S/C22H23Cl2N5O4S3/c1-28(2)6-5-25-22-26-8-15(36-22)12-9-35-20-17(19(31)29(20)18(12)21(32)33)27-16(30)10-34-11-3-4-13(23)14(24)7-11/h3-4,7-8,17,20H,5-6,9-10H2,1-2H3,(H,25,26)(H,27,30)(H,32,33). The normalized spacial score (nSPS) is 19.2. The van der Waals surface area contributed by atoms with Crippen LogP contribution in [0.1, 0.15) is 4.88 Å². The molecular formula is C22H23Cl2N5O4S3. The summed E-state index contributed by atoms with van der Waals surface area (Å²) in [4.78, 5) is 46.7. The van der Waals surface area contributed by atoms with Crippen molar-refractivity contribution in [1.82, 2.24) is 20.1 Å². The minimum Gasteiger partial charge on any atom is -0.477 e. The summed E-state index contributed by atoms with van der Waals surface area (Å²) in [6.07, 6.45) is 1.63. The number of amides is 2. The Morgan fingerprint density at radius 1 is 1.31 bits per heavy atom. The molecule has 1 saturated heterocycles. The highest BCUT2D eigenvalue weighted by Gasteiger charge is 2.54. The van der Waals surface area contributed by atoms with E-state index in [4.69, 9.17) is 23.2 Å². The van der Waals surface area contributed by atoms with E-state index in [0.717, 1.165) is 11.4 Å². The molecule has 2 unspecified atom stereocenters. The van der Waals surface area contributed by atoms with Crippen LogP contribution in [0.4, 0.5) is 5.13 Å². The number of carbonyl (C=O) groups excluding carboxylic acids is 2. The van der Waals surface area contributed by atoms with E-state index in [9.17, 15) is 19.5 Å². The van der Waals surface area contributed by atoms with Gasteiger partial charge in [-0.1, -0.05) is 34.5 Å². The minimum absolute atomic E-state index is 0.0529. The number of aliphatic carboxylic acids is 1. The number of fused-ring (bicyclic) bond motifs is 1. The van der Waals surface area contributed by atoms with Gasteiger partial charge in [-0.15, -0.1) is 23.5 Å². The van der Waals surface area contributed by atoms with Crippen molar-refractivity contribution in [2.75, 3.05) is 44.0 Å². The number of anilines is 1. The lowest BCUT2D eigenvalue weighted by atomic mass is 10.0. The Hall–Kier alpha value is -1.96. The third-order valence-electron chi connectivity index (χ3n) is 5.39. The highest BCUT2D eigenvalue weighted by atomic mass is 35.5. The van der Waals surface area contributed by atoms with Crippen LogP contribution in [0.3, 0.4) is 0 Å². The van der Waals surface area contributed by atoms with Crippen molar-refractivity contribution in [2.24, 2.45) is 0 Å². The average molecular weight is 589 g/mol. The average Bonchev–Trinajstić information content (AvgIpc) is 3.30. The number of halogens is 2. The molecule has 1 aromatic carbocycles. The Balaban J connectivity index is 1.40. The lowest BCUT2D eigenvalue weighted by molar-refractivity contribution is -0.150. The molecule has 0 radical (unpaired) electrons. The predicted octanol–water partition coefficient (Wildman–Crippen LogP) is 3.41. The summed E-state index contributed by atoms with van der Waals surface area (Å²) >= 11 is 16.0. The molecule has 0 saturated carbocycles. The molecule has 0 aliphatic carbocycles. The second-order valence-corrected chi connectivity index (χ2v) is 12.2. The van der Waals surface area contributed by atoms with Gasteiger partial charge in [-0.3, -0.25) is 14.5 Å². The molecule has 1 aromatic heterocycles. The number of rotatable bonds is 10. The number of aromatic nitrogens is 1. The number of hydrogen-bond acceptors (Lipinski definition) is 9. The van der Waals surface area contributed by atoms with Gasteiger partial charge < -0.3 is 20.6 Å². The second-order valence-electron chi connectivity index (χ2n) is 8.21. The van der Waals surface area contributed by atoms with Crippen molar-refractivity contribution in [3.8, 4) is 0 Å². The first kappa shape index (κ1) is 27.1. The van der Waals surface area contributed by atoms with Crippen LogP contribution in [0.2, 0.25) is 10.0 Å². The molecule has 2 aliphatic heterocycles. The van der Waals surface area contributed by atoms with Gasteiger partial charge >= 0.3 is 5.97 Å². The van der Waals surface area contributed by atoms with Crippen LogP contribution in [0.15, 0.2) is 35.0 Å². The van der Waals surface area contributed by atoms with Crippen molar-refractivity contribution >= 4 is 86.6 Å². The number of nitrogens with zero attached hydrogens (tertiary/aromatic N) is 3. The first-order valence-corrected chi connectivity index (χ1v) is 14.4. The Bertz CT molecular complexity index is 1220. The highest BCUT2D eigenvalue weighted by molar-refractivity contribution is 8.00. The predicted molar refractivity (Wildman–Crippen MR) is 146 cm³/mol. The summed E-state index contributed by atoms with van der Waals surface area (Å²) in [6, 6.07) is 4.30. The zero-order valence-electron chi connectivity index (χ0n) is 19.3. The molecule has 3 heterocycles. The van der Waals surface area contributed by atoms with Crippen LogP contribution in [0, 0.1) is 0 Å². The SMILES string of the molecule is CN(C)CCNc1ncc(C2=C(C(=O)O)N3C(=O)C(NC(=O)CSc4ccc(Cl)c(Cl)c4)C3SC2)s1. The summed E-state index contributed by atoms with van der Waals surface area (Å²) < 4.78 is 0. The third kappa shape index (κ3) is 5.95. The van der Waals surface area contributed by atoms with Gasteiger partial charge in [0, 0.05) is 35.5 Å². The fourth-order valence-corrected chi connectivity index (χ4v) is 7.07. The Morgan fingerprint density at radius 2 is 2.08 bits per heavy atom. The maximum atomic E-state index is 12.9. The molecular weight excluding hydrogens is 565 g/mol. The number of thioether (sulfide) groups is 2. The monoisotopic (exact) mass is 587 g/mol. The number of benzene rings is 1. The van der Waals surface area contributed by atoms with Crippen LogP contribution in [0.25, 0.3) is 5.57 Å². The third-order valence-corrected chi connectivity index (χ3v) is 9.41. The Kier molecular flexibility index (Phi) is 8.74. The van der Waals surface area contributed by atoms with Crippen LogP contribution >= 0.6 is 58.1 Å². The van der Waals surface area contributed by atoms with Crippen molar-refractivity contribution in [3.63, 3.8) is 0 Å². The number of likely N-dealkylation sites (N-methyl/N-ethyl adjacent to an activating group) is 1. The van der Waals surface area contributed by atoms with Gasteiger partial charge in [0.2, 0.25) is 5.91 Å². The molecule has 2 atom stereocenters. The van der Waals surface area contributed by atoms with E-state index in [-0.39, 0.29) is 17.4 Å². The van der Waals surface area contributed by atoms with Gasteiger partial charge in [-0.25, -0.2) is 9.78 Å². The summed E-state index contributed by atoms with van der Waals surface area (Å²) in [6.45, 7) is 1.54. The smallest absolute Gasteiger partial charge is 0.353 e. The summed E-state index contributed by atoms with van der Waals surface area (Å²) in [5.74, 6) is -1.48. The van der Waals surface area contributed by atoms with Crippen molar-refractivity contribution in [2.45, 2.75) is 16.3 Å². The molecule has 2 aromatic rings. The maximum Gasteiger partial charge on any atom is 0.353 e. The molecule has 1 fully saturated rings. The quantitative estimate of drug-likeness (QED) is 0.284.